The van der Waals surface area contributed by atoms with E-state index in [1.54, 1.807) is 12.1 Å². The fourth-order valence-corrected chi connectivity index (χ4v) is 2.45. The first-order chi connectivity index (χ1) is 9.15. The number of benzene rings is 1. The average Bonchev–Trinajstić information content (AvgIpc) is 2.98. The van der Waals surface area contributed by atoms with Crippen molar-refractivity contribution in [3.63, 3.8) is 0 Å². The van der Waals surface area contributed by atoms with Crippen molar-refractivity contribution >= 4 is 17.5 Å². The van der Waals surface area contributed by atoms with Crippen LogP contribution in [0.15, 0.2) is 18.2 Å². The molecule has 1 aliphatic rings. The highest BCUT2D eigenvalue weighted by Crippen LogP contribution is 2.29. The predicted octanol–water partition coefficient (Wildman–Crippen LogP) is 1.80. The molecule has 0 spiro atoms. The van der Waals surface area contributed by atoms with Gasteiger partial charge in [-0.05, 0) is 18.6 Å². The van der Waals surface area contributed by atoms with Crippen LogP contribution in [0.25, 0.3) is 11.4 Å². The van der Waals surface area contributed by atoms with Gasteiger partial charge in [0.2, 0.25) is 5.95 Å². The number of anilines is 1. The summed E-state index contributed by atoms with van der Waals surface area (Å²) in [7, 11) is 0. The van der Waals surface area contributed by atoms with Crippen LogP contribution in [0.2, 0.25) is 5.02 Å². The van der Waals surface area contributed by atoms with E-state index in [4.69, 9.17) is 17.3 Å². The van der Waals surface area contributed by atoms with E-state index in [1.807, 2.05) is 4.90 Å². The quantitative estimate of drug-likeness (QED) is 0.881. The fraction of sp³-hybridized carbons (Fsp3) is 0.333. The molecule has 100 valence electrons. The highest BCUT2D eigenvalue weighted by atomic mass is 35.5. The molecule has 1 fully saturated rings. The summed E-state index contributed by atoms with van der Waals surface area (Å²) in [6.45, 7) is 1.52. The van der Waals surface area contributed by atoms with Crippen molar-refractivity contribution in [1.82, 2.24) is 15.2 Å². The minimum Gasteiger partial charge on any atom is -0.338 e. The van der Waals surface area contributed by atoms with Crippen molar-refractivity contribution in [3.8, 4) is 11.4 Å². The smallest absolute Gasteiger partial charge is 0.245 e. The summed E-state index contributed by atoms with van der Waals surface area (Å²) in [5.74, 6) is 0.439. The Kier molecular flexibility index (Phi) is 3.12. The highest BCUT2D eigenvalue weighted by molar-refractivity contribution is 6.33. The van der Waals surface area contributed by atoms with Crippen LogP contribution in [-0.4, -0.2) is 34.3 Å². The molecule has 3 rings (SSSR count). The van der Waals surface area contributed by atoms with Crippen LogP contribution in [0.1, 0.15) is 6.42 Å². The van der Waals surface area contributed by atoms with E-state index >= 15 is 0 Å². The van der Waals surface area contributed by atoms with Gasteiger partial charge in [-0.25, -0.2) is 4.39 Å². The molecular weight excluding hydrogens is 269 g/mol. The minimum atomic E-state index is -0.423. The van der Waals surface area contributed by atoms with E-state index in [9.17, 15) is 4.39 Å². The number of hydrogen-bond acceptors (Lipinski definition) is 4. The van der Waals surface area contributed by atoms with Gasteiger partial charge in [0.1, 0.15) is 5.82 Å². The number of H-pyrrole nitrogens is 1. The Bertz CT molecular complexity index is 579. The van der Waals surface area contributed by atoms with Crippen LogP contribution >= 0.6 is 11.6 Å². The second-order valence-corrected chi connectivity index (χ2v) is 4.98. The number of rotatable bonds is 2. The lowest BCUT2D eigenvalue weighted by atomic mass is 10.2. The van der Waals surface area contributed by atoms with Gasteiger partial charge in [0, 0.05) is 19.1 Å². The van der Waals surface area contributed by atoms with Gasteiger partial charge in [0.15, 0.2) is 5.82 Å². The lowest BCUT2D eigenvalue weighted by Crippen LogP contribution is -2.26. The van der Waals surface area contributed by atoms with Crippen LogP contribution in [-0.2, 0) is 0 Å². The van der Waals surface area contributed by atoms with Crippen LogP contribution in [0.4, 0.5) is 10.3 Å². The van der Waals surface area contributed by atoms with Crippen LogP contribution in [0.5, 0.6) is 0 Å². The van der Waals surface area contributed by atoms with Crippen molar-refractivity contribution in [3.05, 3.63) is 29.0 Å². The third-order valence-corrected chi connectivity index (χ3v) is 3.50. The minimum absolute atomic E-state index is 0.138. The fourth-order valence-electron chi connectivity index (χ4n) is 2.20. The van der Waals surface area contributed by atoms with Crippen molar-refractivity contribution in [2.45, 2.75) is 12.5 Å². The Morgan fingerprint density at radius 1 is 1.47 bits per heavy atom. The van der Waals surface area contributed by atoms with E-state index < -0.39 is 5.82 Å². The number of hydrogen-bond donors (Lipinski definition) is 2. The molecule has 1 atom stereocenters. The summed E-state index contributed by atoms with van der Waals surface area (Å²) in [4.78, 5) is 6.27. The molecule has 0 radical (unpaired) electrons. The molecule has 0 bridgehead atoms. The molecule has 1 unspecified atom stereocenters. The normalized spacial score (nSPS) is 19.1. The SMILES string of the molecule is NC1CCN(c2n[nH]c(-c3c(F)cccc3Cl)n2)C1. The number of halogens is 2. The van der Waals surface area contributed by atoms with Gasteiger partial charge >= 0.3 is 0 Å². The van der Waals surface area contributed by atoms with Crippen molar-refractivity contribution in [2.24, 2.45) is 5.73 Å². The molecule has 1 aromatic heterocycles. The number of nitrogens with two attached hydrogens (primary N) is 1. The molecule has 19 heavy (non-hydrogen) atoms. The average molecular weight is 282 g/mol. The molecular formula is C12H13ClFN5. The van der Waals surface area contributed by atoms with Crippen LogP contribution in [0.3, 0.4) is 0 Å². The Morgan fingerprint density at radius 2 is 2.32 bits per heavy atom. The van der Waals surface area contributed by atoms with Gasteiger partial charge in [-0.2, -0.15) is 4.98 Å². The van der Waals surface area contributed by atoms with Gasteiger partial charge in [-0.1, -0.05) is 17.7 Å². The first-order valence-electron chi connectivity index (χ1n) is 6.02. The monoisotopic (exact) mass is 281 g/mol. The first-order valence-corrected chi connectivity index (χ1v) is 6.40. The van der Waals surface area contributed by atoms with Crippen molar-refractivity contribution in [1.29, 1.82) is 0 Å². The second kappa shape index (κ2) is 4.79. The molecule has 3 N–H and O–H groups in total. The van der Waals surface area contributed by atoms with E-state index in [0.29, 0.717) is 23.3 Å². The molecule has 1 aromatic carbocycles. The van der Waals surface area contributed by atoms with Gasteiger partial charge in [0.05, 0.1) is 10.6 Å². The van der Waals surface area contributed by atoms with E-state index in [-0.39, 0.29) is 11.6 Å². The molecule has 7 heteroatoms. The van der Waals surface area contributed by atoms with Crippen molar-refractivity contribution in [2.75, 3.05) is 18.0 Å². The van der Waals surface area contributed by atoms with E-state index in [0.717, 1.165) is 13.0 Å². The summed E-state index contributed by atoms with van der Waals surface area (Å²) in [5.41, 5.74) is 6.08. The predicted molar refractivity (Wildman–Crippen MR) is 71.6 cm³/mol. The lowest BCUT2D eigenvalue weighted by molar-refractivity contribution is 0.630. The zero-order chi connectivity index (χ0) is 13.4. The Labute approximate surface area is 114 Å². The van der Waals surface area contributed by atoms with Crippen LogP contribution < -0.4 is 10.6 Å². The summed E-state index contributed by atoms with van der Waals surface area (Å²) in [6, 6.07) is 4.65. The Hall–Kier alpha value is -1.66. The summed E-state index contributed by atoms with van der Waals surface area (Å²) in [6.07, 6.45) is 0.907. The Morgan fingerprint density at radius 3 is 3.00 bits per heavy atom. The van der Waals surface area contributed by atoms with Gasteiger partial charge in [-0.3, -0.25) is 5.10 Å². The topological polar surface area (TPSA) is 70.8 Å². The number of nitrogens with one attached hydrogen (secondary N) is 1. The zero-order valence-electron chi connectivity index (χ0n) is 10.1. The molecule has 0 saturated carbocycles. The maximum atomic E-state index is 13.8. The third-order valence-electron chi connectivity index (χ3n) is 3.18. The maximum Gasteiger partial charge on any atom is 0.245 e. The third kappa shape index (κ3) is 2.29. The standard InChI is InChI=1S/C12H13ClFN5/c13-8-2-1-3-9(14)10(8)11-16-12(18-17-11)19-5-4-7(15)6-19/h1-3,7H,4-6,15H2,(H,16,17,18). The molecule has 2 heterocycles. The Balaban J connectivity index is 1.93. The molecule has 0 amide bonds. The molecule has 1 saturated heterocycles. The lowest BCUT2D eigenvalue weighted by Gasteiger charge is -2.11. The van der Waals surface area contributed by atoms with Gasteiger partial charge < -0.3 is 10.6 Å². The van der Waals surface area contributed by atoms with E-state index in [1.165, 1.54) is 6.07 Å². The zero-order valence-corrected chi connectivity index (χ0v) is 10.9. The number of aromatic amines is 1. The molecule has 0 aliphatic carbocycles. The second-order valence-electron chi connectivity index (χ2n) is 4.58. The van der Waals surface area contributed by atoms with Gasteiger partial charge in [-0.15, -0.1) is 5.10 Å². The van der Waals surface area contributed by atoms with Crippen molar-refractivity contribution < 1.29 is 4.39 Å². The summed E-state index contributed by atoms with van der Waals surface area (Å²) < 4.78 is 13.8. The van der Waals surface area contributed by atoms with Crippen LogP contribution in [0, 0.1) is 5.82 Å². The largest absolute Gasteiger partial charge is 0.338 e. The summed E-state index contributed by atoms with van der Waals surface area (Å²) >= 11 is 5.99. The molecule has 1 aliphatic heterocycles. The maximum absolute atomic E-state index is 13.8. The number of nitrogens with zero attached hydrogens (tertiary/aromatic N) is 3. The number of aromatic nitrogens is 3. The highest BCUT2D eigenvalue weighted by Gasteiger charge is 2.23. The first kappa shape index (κ1) is 12.4. The van der Waals surface area contributed by atoms with Gasteiger partial charge in [0.25, 0.3) is 0 Å². The summed E-state index contributed by atoms with van der Waals surface area (Å²) in [5, 5.41) is 7.13. The molecule has 2 aromatic rings. The van der Waals surface area contributed by atoms with E-state index in [2.05, 4.69) is 15.2 Å². The molecule has 5 nitrogen and oxygen atoms in total.